The lowest BCUT2D eigenvalue weighted by Gasteiger charge is -2.35. The fourth-order valence-corrected chi connectivity index (χ4v) is 3.84. The van der Waals surface area contributed by atoms with Crippen molar-refractivity contribution in [2.24, 2.45) is 5.73 Å². The molecule has 0 saturated carbocycles. The minimum Gasteiger partial charge on any atom is -0.327 e. The van der Waals surface area contributed by atoms with Crippen molar-refractivity contribution >= 4 is 21.4 Å². The van der Waals surface area contributed by atoms with Gasteiger partial charge in [-0.3, -0.25) is 9.88 Å². The number of piperidine rings is 1. The molecule has 2 atom stereocenters. The third-order valence-electron chi connectivity index (χ3n) is 3.53. The van der Waals surface area contributed by atoms with Crippen molar-refractivity contribution < 1.29 is 0 Å². The average Bonchev–Trinajstić information content (AvgIpc) is 2.72. The number of nitrogens with two attached hydrogens (primary N) is 1. The Kier molecular flexibility index (Phi) is 2.86. The summed E-state index contributed by atoms with van der Waals surface area (Å²) in [5.74, 6) is 0. The summed E-state index contributed by atoms with van der Waals surface area (Å²) in [5.41, 5.74) is 5.99. The summed E-state index contributed by atoms with van der Waals surface area (Å²) in [6, 6.07) is 5.25. The van der Waals surface area contributed by atoms with Gasteiger partial charge in [-0.1, -0.05) is 0 Å². The van der Waals surface area contributed by atoms with E-state index in [1.807, 2.05) is 23.7 Å². The van der Waals surface area contributed by atoms with Crippen LogP contribution in [-0.4, -0.2) is 29.5 Å². The Morgan fingerprint density at radius 1 is 1.47 bits per heavy atom. The lowest BCUT2D eigenvalue weighted by Crippen LogP contribution is -2.42. The molecule has 1 aliphatic heterocycles. The highest BCUT2D eigenvalue weighted by atomic mass is 32.1. The van der Waals surface area contributed by atoms with E-state index in [4.69, 9.17) is 5.73 Å². The van der Waals surface area contributed by atoms with E-state index < -0.39 is 0 Å². The SMILES string of the molecule is CN1CC(N)CCC1c1cc2cnccc2s1. The normalized spacial score (nSPS) is 26.5. The highest BCUT2D eigenvalue weighted by Crippen LogP contribution is 2.36. The molecular weight excluding hydrogens is 230 g/mol. The Bertz CT molecular complexity index is 489. The van der Waals surface area contributed by atoms with Gasteiger partial charge in [0.05, 0.1) is 0 Å². The summed E-state index contributed by atoms with van der Waals surface area (Å²) in [4.78, 5) is 8.00. The second-order valence-electron chi connectivity index (χ2n) is 4.86. The monoisotopic (exact) mass is 247 g/mol. The van der Waals surface area contributed by atoms with Crippen molar-refractivity contribution in [2.45, 2.75) is 24.9 Å². The predicted octanol–water partition coefficient (Wildman–Crippen LogP) is 2.39. The minimum atomic E-state index is 0.340. The zero-order valence-electron chi connectivity index (χ0n) is 9.97. The summed E-state index contributed by atoms with van der Waals surface area (Å²) in [6.45, 7) is 0.997. The van der Waals surface area contributed by atoms with Crippen LogP contribution in [0.2, 0.25) is 0 Å². The molecule has 3 rings (SSSR count). The van der Waals surface area contributed by atoms with Crippen molar-refractivity contribution in [3.63, 3.8) is 0 Å². The van der Waals surface area contributed by atoms with Gasteiger partial charge in [0.25, 0.3) is 0 Å². The van der Waals surface area contributed by atoms with Gasteiger partial charge in [-0.05, 0) is 32.0 Å². The largest absolute Gasteiger partial charge is 0.327 e. The van der Waals surface area contributed by atoms with Crippen LogP contribution in [0.4, 0.5) is 0 Å². The molecule has 2 N–H and O–H groups in total. The highest BCUT2D eigenvalue weighted by molar-refractivity contribution is 7.19. The van der Waals surface area contributed by atoms with Crippen LogP contribution in [0.15, 0.2) is 24.5 Å². The van der Waals surface area contributed by atoms with Gasteiger partial charge in [0.1, 0.15) is 0 Å². The summed E-state index contributed by atoms with van der Waals surface area (Å²) >= 11 is 1.89. The van der Waals surface area contributed by atoms with Gasteiger partial charge in [0, 0.05) is 46.0 Å². The van der Waals surface area contributed by atoms with E-state index >= 15 is 0 Å². The summed E-state index contributed by atoms with van der Waals surface area (Å²) < 4.78 is 1.33. The van der Waals surface area contributed by atoms with Crippen LogP contribution in [-0.2, 0) is 0 Å². The first kappa shape index (κ1) is 11.1. The molecule has 0 aromatic carbocycles. The maximum absolute atomic E-state index is 5.99. The summed E-state index contributed by atoms with van der Waals surface area (Å²) in [6.07, 6.45) is 6.10. The Hall–Kier alpha value is -0.970. The molecule has 0 bridgehead atoms. The van der Waals surface area contributed by atoms with Crippen LogP contribution >= 0.6 is 11.3 Å². The molecule has 2 aromatic heterocycles. The topological polar surface area (TPSA) is 42.1 Å². The number of rotatable bonds is 1. The Morgan fingerprint density at radius 2 is 2.35 bits per heavy atom. The van der Waals surface area contributed by atoms with Crippen molar-refractivity contribution in [3.8, 4) is 0 Å². The Balaban J connectivity index is 1.93. The van der Waals surface area contributed by atoms with E-state index in [1.54, 1.807) is 0 Å². The molecule has 90 valence electrons. The Labute approximate surface area is 105 Å². The first-order valence-electron chi connectivity index (χ1n) is 6.03. The molecule has 2 unspecified atom stereocenters. The number of likely N-dealkylation sites (N-methyl/N-ethyl adjacent to an activating group) is 1. The molecule has 0 aliphatic carbocycles. The molecule has 1 fully saturated rings. The quantitative estimate of drug-likeness (QED) is 0.841. The van der Waals surface area contributed by atoms with Crippen LogP contribution < -0.4 is 5.73 Å². The fraction of sp³-hybridized carbons (Fsp3) is 0.462. The zero-order valence-corrected chi connectivity index (χ0v) is 10.8. The van der Waals surface area contributed by atoms with Crippen LogP contribution in [0.1, 0.15) is 23.8 Å². The van der Waals surface area contributed by atoms with Crippen LogP contribution in [0.3, 0.4) is 0 Å². The predicted molar refractivity (Wildman–Crippen MR) is 72.2 cm³/mol. The molecule has 17 heavy (non-hydrogen) atoms. The molecule has 0 radical (unpaired) electrons. The van der Waals surface area contributed by atoms with Gasteiger partial charge in [-0.15, -0.1) is 11.3 Å². The van der Waals surface area contributed by atoms with E-state index in [0.717, 1.165) is 19.4 Å². The van der Waals surface area contributed by atoms with Gasteiger partial charge in [-0.2, -0.15) is 0 Å². The van der Waals surface area contributed by atoms with Gasteiger partial charge in [0.2, 0.25) is 0 Å². The molecule has 0 spiro atoms. The Morgan fingerprint density at radius 3 is 3.12 bits per heavy atom. The molecule has 3 heterocycles. The molecule has 4 heteroatoms. The van der Waals surface area contributed by atoms with E-state index in [-0.39, 0.29) is 0 Å². The fourth-order valence-electron chi connectivity index (χ4n) is 2.61. The molecule has 2 aromatic rings. The lowest BCUT2D eigenvalue weighted by atomic mass is 9.98. The van der Waals surface area contributed by atoms with Crippen LogP contribution in [0.25, 0.3) is 10.1 Å². The molecular formula is C13H17N3S. The lowest BCUT2D eigenvalue weighted by molar-refractivity contribution is 0.172. The third kappa shape index (κ3) is 2.08. The number of likely N-dealkylation sites (tertiary alicyclic amines) is 1. The van der Waals surface area contributed by atoms with E-state index in [0.29, 0.717) is 12.1 Å². The molecule has 0 amide bonds. The number of pyridine rings is 1. The number of fused-ring (bicyclic) bond motifs is 1. The average molecular weight is 247 g/mol. The standard InChI is InChI=1S/C13H17N3S/c1-16-8-10(14)2-3-11(16)13-6-9-7-15-5-4-12(9)17-13/h4-7,10-11H,2-3,8,14H2,1H3. The van der Waals surface area contributed by atoms with Gasteiger partial charge in [0.15, 0.2) is 0 Å². The van der Waals surface area contributed by atoms with Crippen molar-refractivity contribution in [2.75, 3.05) is 13.6 Å². The molecule has 1 aliphatic rings. The summed E-state index contributed by atoms with van der Waals surface area (Å²) in [7, 11) is 2.17. The van der Waals surface area contributed by atoms with Crippen molar-refractivity contribution in [3.05, 3.63) is 29.4 Å². The number of hydrogen-bond donors (Lipinski definition) is 1. The smallest absolute Gasteiger partial charge is 0.0440 e. The maximum atomic E-state index is 5.99. The molecule has 1 saturated heterocycles. The number of nitrogens with zero attached hydrogens (tertiary/aromatic N) is 2. The maximum Gasteiger partial charge on any atom is 0.0440 e. The van der Waals surface area contributed by atoms with Gasteiger partial charge >= 0.3 is 0 Å². The first-order chi connectivity index (χ1) is 8.24. The van der Waals surface area contributed by atoms with Crippen molar-refractivity contribution in [1.29, 1.82) is 0 Å². The second kappa shape index (κ2) is 4.37. The second-order valence-corrected chi connectivity index (χ2v) is 5.97. The summed E-state index contributed by atoms with van der Waals surface area (Å²) in [5, 5.41) is 1.26. The van der Waals surface area contributed by atoms with Crippen molar-refractivity contribution in [1.82, 2.24) is 9.88 Å². The number of hydrogen-bond acceptors (Lipinski definition) is 4. The number of thiophene rings is 1. The minimum absolute atomic E-state index is 0.340. The van der Waals surface area contributed by atoms with Gasteiger partial charge in [-0.25, -0.2) is 0 Å². The zero-order chi connectivity index (χ0) is 11.8. The van der Waals surface area contributed by atoms with E-state index in [1.165, 1.54) is 15.0 Å². The van der Waals surface area contributed by atoms with E-state index in [2.05, 4.69) is 29.1 Å². The van der Waals surface area contributed by atoms with E-state index in [9.17, 15) is 0 Å². The third-order valence-corrected chi connectivity index (χ3v) is 4.75. The highest BCUT2D eigenvalue weighted by Gasteiger charge is 2.26. The van der Waals surface area contributed by atoms with Crippen LogP contribution in [0.5, 0.6) is 0 Å². The first-order valence-corrected chi connectivity index (χ1v) is 6.85. The molecule has 3 nitrogen and oxygen atoms in total. The van der Waals surface area contributed by atoms with Crippen LogP contribution in [0, 0.1) is 0 Å². The van der Waals surface area contributed by atoms with Gasteiger partial charge < -0.3 is 5.73 Å². The number of aromatic nitrogens is 1.